The maximum absolute atomic E-state index is 12.5. The first-order chi connectivity index (χ1) is 10.4. The fourth-order valence-electron chi connectivity index (χ4n) is 2.04. The summed E-state index contributed by atoms with van der Waals surface area (Å²) < 4.78 is 0. The van der Waals surface area contributed by atoms with Gasteiger partial charge in [0.2, 0.25) is 5.91 Å². The Hall–Kier alpha value is -1.24. The molecule has 0 radical (unpaired) electrons. The summed E-state index contributed by atoms with van der Waals surface area (Å²) in [5.41, 5.74) is 0.891. The molecule has 7 heteroatoms. The maximum atomic E-state index is 12.5. The van der Waals surface area contributed by atoms with Gasteiger partial charge in [-0.05, 0) is 24.1 Å². The van der Waals surface area contributed by atoms with Gasteiger partial charge in [0.05, 0.1) is 0 Å². The largest absolute Gasteiger partial charge is 0.304 e. The highest BCUT2D eigenvalue weighted by Crippen LogP contribution is 2.37. The number of nitrogens with zero attached hydrogens (tertiary/aromatic N) is 3. The molecule has 22 heavy (non-hydrogen) atoms. The average molecular weight is 356 g/mol. The molecule has 4 nitrogen and oxygen atoms in total. The number of thiazole rings is 1. The number of hydrogen-bond acceptors (Lipinski definition) is 4. The summed E-state index contributed by atoms with van der Waals surface area (Å²) in [5, 5.41) is 1.77. The topological polar surface area (TPSA) is 46.1 Å². The van der Waals surface area contributed by atoms with E-state index in [1.54, 1.807) is 24.3 Å². The Bertz CT molecular complexity index is 687. The third-order valence-electron chi connectivity index (χ3n) is 3.07. The summed E-state index contributed by atoms with van der Waals surface area (Å²) in [4.78, 5) is 22.5. The molecule has 0 aliphatic carbocycles. The van der Waals surface area contributed by atoms with Crippen LogP contribution in [0.2, 0.25) is 5.15 Å². The average Bonchev–Trinajstić information content (AvgIpc) is 2.88. The van der Waals surface area contributed by atoms with Gasteiger partial charge in [0.1, 0.15) is 10.0 Å². The summed E-state index contributed by atoms with van der Waals surface area (Å²) in [6.45, 7) is 1.92. The van der Waals surface area contributed by atoms with Crippen LogP contribution in [0, 0.1) is 5.92 Å². The monoisotopic (exact) mass is 355 g/mol. The Labute approximate surface area is 142 Å². The predicted molar refractivity (Wildman–Crippen MR) is 98.4 cm³/mol. The minimum Gasteiger partial charge on any atom is -0.304 e. The lowest BCUT2D eigenvalue weighted by molar-refractivity contribution is -0.120. The molecular formula is C15H18ClN3OS2. The lowest BCUT2D eigenvalue weighted by Gasteiger charge is -2.20. The molecule has 0 N–H and O–H groups in total. The second-order valence-electron chi connectivity index (χ2n) is 5.10. The van der Waals surface area contributed by atoms with Crippen molar-refractivity contribution < 1.29 is 4.79 Å². The molecule has 2 rings (SSSR count). The molecule has 0 saturated heterocycles. The lowest BCUT2D eigenvalue weighted by atomic mass is 10.2. The van der Waals surface area contributed by atoms with E-state index in [-0.39, 0.29) is 22.3 Å². The van der Waals surface area contributed by atoms with Crippen LogP contribution in [0.5, 0.6) is 0 Å². The maximum Gasteiger partial charge on any atom is 0.231 e. The fourth-order valence-corrected chi connectivity index (χ4v) is 4.33. The minimum atomic E-state index is -0.0872. The first-order valence-electron chi connectivity index (χ1n) is 6.66. The van der Waals surface area contributed by atoms with Crippen molar-refractivity contribution in [3.8, 4) is 10.6 Å². The van der Waals surface area contributed by atoms with Gasteiger partial charge in [0.25, 0.3) is 0 Å². The molecule has 0 spiro atoms. The normalized spacial score (nSPS) is 13.6. The molecule has 118 valence electrons. The van der Waals surface area contributed by atoms with Crippen LogP contribution >= 0.6 is 33.4 Å². The van der Waals surface area contributed by atoms with Crippen LogP contribution in [0.25, 0.3) is 10.6 Å². The Morgan fingerprint density at radius 3 is 2.91 bits per heavy atom. The molecule has 2 atom stereocenters. The standard InChI is InChI=1S/C15H18ClN3OS2/c1-10(9-22(3)4)14(20)19(2)15-12(16)18-13(21-15)11-6-5-7-17-8-11/h5-8,10H,3,9H2,1-2,4H3. The lowest BCUT2D eigenvalue weighted by Crippen LogP contribution is -2.32. The first kappa shape index (κ1) is 17.1. The number of amides is 1. The van der Waals surface area contributed by atoms with Crippen molar-refractivity contribution in [2.75, 3.05) is 24.0 Å². The molecular weight excluding hydrogens is 338 g/mol. The zero-order valence-corrected chi connectivity index (χ0v) is 15.1. The molecule has 0 aromatic carbocycles. The molecule has 2 unspecified atom stereocenters. The van der Waals surface area contributed by atoms with Gasteiger partial charge >= 0.3 is 0 Å². The highest BCUT2D eigenvalue weighted by Gasteiger charge is 2.23. The van der Waals surface area contributed by atoms with E-state index < -0.39 is 0 Å². The molecule has 1 amide bonds. The summed E-state index contributed by atoms with van der Waals surface area (Å²) in [7, 11) is 1.72. The molecule has 0 fully saturated rings. The van der Waals surface area contributed by atoms with Gasteiger partial charge in [-0.15, -0.1) is 0 Å². The highest BCUT2D eigenvalue weighted by atomic mass is 35.5. The Balaban J connectivity index is 2.24. The van der Waals surface area contributed by atoms with Crippen LogP contribution in [0.15, 0.2) is 24.5 Å². The van der Waals surface area contributed by atoms with E-state index in [1.807, 2.05) is 25.3 Å². The van der Waals surface area contributed by atoms with Crippen LogP contribution in [0.1, 0.15) is 6.92 Å². The van der Waals surface area contributed by atoms with Gasteiger partial charge in [0, 0.05) is 30.9 Å². The molecule has 0 bridgehead atoms. The molecule has 2 aromatic heterocycles. The summed E-state index contributed by atoms with van der Waals surface area (Å²) in [6.07, 6.45) is 5.47. The van der Waals surface area contributed by atoms with Crippen LogP contribution in [-0.2, 0) is 4.79 Å². The zero-order valence-electron chi connectivity index (χ0n) is 12.7. The summed E-state index contributed by atoms with van der Waals surface area (Å²) in [5.74, 6) is 4.69. The van der Waals surface area contributed by atoms with Gasteiger partial charge in [-0.1, -0.05) is 35.7 Å². The van der Waals surface area contributed by atoms with Gasteiger partial charge in [-0.2, -0.15) is 10.5 Å². The van der Waals surface area contributed by atoms with Gasteiger partial charge in [0.15, 0.2) is 5.15 Å². The second kappa shape index (κ2) is 7.35. The highest BCUT2D eigenvalue weighted by molar-refractivity contribution is 8.13. The minimum absolute atomic E-state index is 0.0200. The van der Waals surface area contributed by atoms with Crippen molar-refractivity contribution in [3.63, 3.8) is 0 Å². The van der Waals surface area contributed by atoms with Crippen LogP contribution in [0.4, 0.5) is 5.00 Å². The number of pyridine rings is 1. The SMILES string of the molecule is C=S(C)CC(C)C(=O)N(C)c1sc(-c2cccnc2)nc1Cl. The smallest absolute Gasteiger partial charge is 0.231 e. The number of halogens is 1. The number of anilines is 1. The van der Waals surface area contributed by atoms with Crippen LogP contribution < -0.4 is 4.90 Å². The van der Waals surface area contributed by atoms with E-state index >= 15 is 0 Å². The zero-order chi connectivity index (χ0) is 16.3. The second-order valence-corrected chi connectivity index (χ2v) is 8.33. The molecule has 2 heterocycles. The fraction of sp³-hybridized carbons (Fsp3) is 0.333. The van der Waals surface area contributed by atoms with Crippen LogP contribution in [0.3, 0.4) is 0 Å². The quantitative estimate of drug-likeness (QED) is 0.766. The first-order valence-corrected chi connectivity index (χ1v) is 9.83. The van der Waals surface area contributed by atoms with Crippen molar-refractivity contribution in [3.05, 3.63) is 29.7 Å². The number of carbonyl (C=O) groups excluding carboxylic acids is 1. The van der Waals surface area contributed by atoms with E-state index in [1.165, 1.54) is 11.3 Å². The van der Waals surface area contributed by atoms with Crippen molar-refractivity contribution >= 4 is 50.2 Å². The Kier molecular flexibility index (Phi) is 5.72. The Morgan fingerprint density at radius 1 is 1.59 bits per heavy atom. The number of hydrogen-bond donors (Lipinski definition) is 0. The van der Waals surface area contributed by atoms with Crippen molar-refractivity contribution in [1.29, 1.82) is 0 Å². The Morgan fingerprint density at radius 2 is 2.32 bits per heavy atom. The van der Waals surface area contributed by atoms with Crippen molar-refractivity contribution in [1.82, 2.24) is 9.97 Å². The van der Waals surface area contributed by atoms with E-state index in [0.29, 0.717) is 10.2 Å². The number of rotatable bonds is 5. The van der Waals surface area contributed by atoms with Crippen molar-refractivity contribution in [2.45, 2.75) is 6.92 Å². The van der Waals surface area contributed by atoms with Crippen LogP contribution in [-0.4, -0.2) is 40.8 Å². The molecule has 0 aliphatic heterocycles. The molecule has 2 aromatic rings. The van der Waals surface area contributed by atoms with Gasteiger partial charge in [-0.3, -0.25) is 9.78 Å². The van der Waals surface area contributed by atoms with E-state index in [4.69, 9.17) is 11.6 Å². The number of aromatic nitrogens is 2. The molecule has 0 saturated carbocycles. The van der Waals surface area contributed by atoms with Crippen molar-refractivity contribution in [2.24, 2.45) is 5.92 Å². The molecule has 0 aliphatic rings. The van der Waals surface area contributed by atoms with Gasteiger partial charge in [-0.25, -0.2) is 4.98 Å². The summed E-state index contributed by atoms with van der Waals surface area (Å²) in [6, 6.07) is 3.76. The van der Waals surface area contributed by atoms with Gasteiger partial charge < -0.3 is 4.90 Å². The predicted octanol–water partition coefficient (Wildman–Crippen LogP) is 3.79. The third-order valence-corrected chi connectivity index (χ3v) is 5.69. The number of carbonyl (C=O) groups is 1. The van der Waals surface area contributed by atoms with E-state index in [9.17, 15) is 4.79 Å². The summed E-state index contributed by atoms with van der Waals surface area (Å²) >= 11 is 7.61. The van der Waals surface area contributed by atoms with E-state index in [0.717, 1.165) is 16.3 Å². The van der Waals surface area contributed by atoms with E-state index in [2.05, 4.69) is 15.8 Å². The third kappa shape index (κ3) is 3.94.